The molecule has 0 aromatic carbocycles. The SMILES string of the molecule is CCS.NCCCC[C@H](N)C(=O)O. The van der Waals surface area contributed by atoms with Gasteiger partial charge in [-0.1, -0.05) is 13.3 Å². The van der Waals surface area contributed by atoms with Crippen LogP contribution in [-0.4, -0.2) is 29.4 Å². The lowest BCUT2D eigenvalue weighted by molar-refractivity contribution is -0.138. The standard InChI is InChI=1S/C6H14N2O2.C2H6S/c7-4-2-1-3-5(8)6(9)10;1-2-3/h5H,1-4,7-8H2,(H,9,10);3H,2H2,1H3/t5-;/m0./s1. The third kappa shape index (κ3) is 14.6. The highest BCUT2D eigenvalue weighted by atomic mass is 32.1. The second-order valence-electron chi connectivity index (χ2n) is 2.55. The molecule has 0 rings (SSSR count). The summed E-state index contributed by atoms with van der Waals surface area (Å²) in [5.74, 6) is 0.0111. The van der Waals surface area contributed by atoms with Crippen molar-refractivity contribution in [1.82, 2.24) is 0 Å². The zero-order valence-electron chi connectivity index (χ0n) is 8.07. The monoisotopic (exact) mass is 208 g/mol. The minimum atomic E-state index is -0.933. The Balaban J connectivity index is 0. The molecule has 4 nitrogen and oxygen atoms in total. The normalized spacial score (nSPS) is 11.4. The minimum Gasteiger partial charge on any atom is -0.480 e. The summed E-state index contributed by atoms with van der Waals surface area (Å²) in [5, 5.41) is 8.33. The fourth-order valence-corrected chi connectivity index (χ4v) is 0.632. The van der Waals surface area contributed by atoms with Gasteiger partial charge in [0.05, 0.1) is 0 Å². The number of carboxylic acids is 1. The van der Waals surface area contributed by atoms with Gasteiger partial charge in [-0.2, -0.15) is 12.6 Å². The molecule has 5 N–H and O–H groups in total. The summed E-state index contributed by atoms with van der Waals surface area (Å²) in [6, 6.07) is -0.716. The fourth-order valence-electron chi connectivity index (χ4n) is 0.632. The molecule has 0 unspecified atom stereocenters. The fraction of sp³-hybridized carbons (Fsp3) is 0.875. The zero-order chi connectivity index (χ0) is 10.7. The van der Waals surface area contributed by atoms with Crippen LogP contribution in [0, 0.1) is 0 Å². The number of rotatable bonds is 5. The van der Waals surface area contributed by atoms with Gasteiger partial charge in [0.2, 0.25) is 0 Å². The molecule has 1 atom stereocenters. The first-order valence-electron chi connectivity index (χ1n) is 4.39. The lowest BCUT2D eigenvalue weighted by Crippen LogP contribution is -2.29. The van der Waals surface area contributed by atoms with Crippen molar-refractivity contribution >= 4 is 18.6 Å². The maximum Gasteiger partial charge on any atom is 0.320 e. The highest BCUT2D eigenvalue weighted by molar-refractivity contribution is 7.80. The topological polar surface area (TPSA) is 89.3 Å². The van der Waals surface area contributed by atoms with Gasteiger partial charge in [-0.05, 0) is 25.1 Å². The first-order valence-corrected chi connectivity index (χ1v) is 5.02. The average Bonchev–Trinajstić information content (AvgIpc) is 2.06. The summed E-state index contributed by atoms with van der Waals surface area (Å²) in [6.07, 6.45) is 2.16. The molecule has 0 aromatic rings. The van der Waals surface area contributed by atoms with E-state index in [0.717, 1.165) is 18.6 Å². The maximum atomic E-state index is 10.1. The highest BCUT2D eigenvalue weighted by Gasteiger charge is 2.09. The summed E-state index contributed by atoms with van der Waals surface area (Å²) in [7, 11) is 0. The van der Waals surface area contributed by atoms with Crippen molar-refractivity contribution in [2.24, 2.45) is 11.5 Å². The maximum absolute atomic E-state index is 10.1. The van der Waals surface area contributed by atoms with Gasteiger partial charge in [-0.25, -0.2) is 0 Å². The van der Waals surface area contributed by atoms with Crippen LogP contribution in [0.15, 0.2) is 0 Å². The van der Waals surface area contributed by atoms with Crippen molar-refractivity contribution < 1.29 is 9.90 Å². The van der Waals surface area contributed by atoms with E-state index in [1.807, 2.05) is 6.92 Å². The summed E-state index contributed by atoms with van der Waals surface area (Å²) in [6.45, 7) is 2.59. The first-order chi connectivity index (χ1) is 6.09. The summed E-state index contributed by atoms with van der Waals surface area (Å²) >= 11 is 3.79. The molecule has 0 radical (unpaired) electrons. The highest BCUT2D eigenvalue weighted by Crippen LogP contribution is 1.96. The number of nitrogens with two attached hydrogens (primary N) is 2. The Morgan fingerprint density at radius 2 is 2.00 bits per heavy atom. The number of hydrogen-bond acceptors (Lipinski definition) is 4. The predicted octanol–water partition coefficient (Wildman–Crippen LogP) is 0.463. The van der Waals surface area contributed by atoms with Crippen molar-refractivity contribution in [2.45, 2.75) is 32.2 Å². The van der Waals surface area contributed by atoms with Crippen LogP contribution in [0.1, 0.15) is 26.2 Å². The van der Waals surface area contributed by atoms with Crippen LogP contribution in [0.25, 0.3) is 0 Å². The van der Waals surface area contributed by atoms with E-state index in [1.54, 1.807) is 0 Å². The van der Waals surface area contributed by atoms with Gasteiger partial charge >= 0.3 is 5.97 Å². The Kier molecular flexibility index (Phi) is 13.7. The van der Waals surface area contributed by atoms with Crippen LogP contribution in [0.5, 0.6) is 0 Å². The van der Waals surface area contributed by atoms with Gasteiger partial charge in [0.15, 0.2) is 0 Å². The third-order valence-electron chi connectivity index (χ3n) is 1.29. The van der Waals surface area contributed by atoms with Crippen molar-refractivity contribution in [2.75, 3.05) is 12.3 Å². The molecule has 80 valence electrons. The van der Waals surface area contributed by atoms with E-state index in [0.29, 0.717) is 13.0 Å². The van der Waals surface area contributed by atoms with E-state index in [-0.39, 0.29) is 0 Å². The van der Waals surface area contributed by atoms with Gasteiger partial charge in [0.25, 0.3) is 0 Å². The van der Waals surface area contributed by atoms with Gasteiger partial charge in [-0.15, -0.1) is 0 Å². The first kappa shape index (κ1) is 15.2. The van der Waals surface area contributed by atoms with Crippen molar-refractivity contribution in [3.8, 4) is 0 Å². The Hall–Kier alpha value is -0.260. The number of carboxylic acid groups (broad SMARTS) is 1. The second kappa shape index (κ2) is 11.7. The smallest absolute Gasteiger partial charge is 0.320 e. The van der Waals surface area contributed by atoms with Crippen molar-refractivity contribution in [3.05, 3.63) is 0 Å². The van der Waals surface area contributed by atoms with Crippen LogP contribution in [0.3, 0.4) is 0 Å². The van der Waals surface area contributed by atoms with E-state index in [4.69, 9.17) is 16.6 Å². The van der Waals surface area contributed by atoms with Crippen LogP contribution in [0.2, 0.25) is 0 Å². The number of carbonyl (C=O) groups is 1. The van der Waals surface area contributed by atoms with Crippen molar-refractivity contribution in [3.63, 3.8) is 0 Å². The Labute approximate surface area is 85.1 Å². The van der Waals surface area contributed by atoms with E-state index in [2.05, 4.69) is 12.6 Å². The number of thiol groups is 1. The van der Waals surface area contributed by atoms with Crippen LogP contribution >= 0.6 is 12.6 Å². The van der Waals surface area contributed by atoms with E-state index < -0.39 is 12.0 Å². The third-order valence-corrected chi connectivity index (χ3v) is 1.29. The Bertz CT molecular complexity index is 123. The molecule has 0 fully saturated rings. The van der Waals surface area contributed by atoms with E-state index in [9.17, 15) is 4.79 Å². The van der Waals surface area contributed by atoms with Gasteiger partial charge in [-0.3, -0.25) is 4.79 Å². The molecule has 0 saturated heterocycles. The molecule has 0 saturated carbocycles. The molecule has 0 aliphatic rings. The molecular formula is C8H20N2O2S. The van der Waals surface area contributed by atoms with Gasteiger partial charge in [0.1, 0.15) is 6.04 Å². The zero-order valence-corrected chi connectivity index (χ0v) is 8.96. The van der Waals surface area contributed by atoms with Crippen molar-refractivity contribution in [1.29, 1.82) is 0 Å². The van der Waals surface area contributed by atoms with E-state index in [1.165, 1.54) is 0 Å². The molecule has 5 heteroatoms. The number of aliphatic carboxylic acids is 1. The quantitative estimate of drug-likeness (QED) is 0.390. The van der Waals surface area contributed by atoms with Crippen LogP contribution in [0.4, 0.5) is 0 Å². The molecule has 0 aromatic heterocycles. The molecule has 13 heavy (non-hydrogen) atoms. The predicted molar refractivity (Wildman–Crippen MR) is 58.0 cm³/mol. The lowest BCUT2D eigenvalue weighted by atomic mass is 10.1. The molecule has 0 amide bonds. The molecule has 0 aliphatic carbocycles. The molecule has 0 aliphatic heterocycles. The minimum absolute atomic E-state index is 0.520. The Morgan fingerprint density at radius 3 is 2.31 bits per heavy atom. The molecular weight excluding hydrogens is 188 g/mol. The summed E-state index contributed by atoms with van der Waals surface area (Å²) in [4.78, 5) is 10.1. The largest absolute Gasteiger partial charge is 0.480 e. The summed E-state index contributed by atoms with van der Waals surface area (Å²) < 4.78 is 0. The van der Waals surface area contributed by atoms with Crippen LogP contribution < -0.4 is 11.5 Å². The summed E-state index contributed by atoms with van der Waals surface area (Å²) in [5.41, 5.74) is 10.4. The number of unbranched alkanes of at least 4 members (excludes halogenated alkanes) is 1. The van der Waals surface area contributed by atoms with Gasteiger partial charge in [0, 0.05) is 0 Å². The number of hydrogen-bond donors (Lipinski definition) is 4. The average molecular weight is 208 g/mol. The molecule has 0 spiro atoms. The van der Waals surface area contributed by atoms with Crippen LogP contribution in [-0.2, 0) is 4.79 Å². The lowest BCUT2D eigenvalue weighted by Gasteiger charge is -2.03. The molecule has 0 bridgehead atoms. The second-order valence-corrected chi connectivity index (χ2v) is 3.18. The van der Waals surface area contributed by atoms with Gasteiger partial charge < -0.3 is 16.6 Å². The van der Waals surface area contributed by atoms with E-state index >= 15 is 0 Å². The Morgan fingerprint density at radius 1 is 1.54 bits per heavy atom. The molecule has 0 heterocycles.